The van der Waals surface area contributed by atoms with Crippen LogP contribution in [0.15, 0.2) is 30.3 Å². The largest absolute Gasteiger partial charge is 0.380 e. The van der Waals surface area contributed by atoms with Crippen LogP contribution in [0.3, 0.4) is 0 Å². The summed E-state index contributed by atoms with van der Waals surface area (Å²) in [6.07, 6.45) is 2.91. The quantitative estimate of drug-likeness (QED) is 0.844. The first-order valence-electron chi connectivity index (χ1n) is 9.98. The molecule has 0 bridgehead atoms. The Labute approximate surface area is 157 Å². The molecule has 0 saturated carbocycles. The predicted octanol–water partition coefficient (Wildman–Crippen LogP) is 1.98. The number of carbonyl (C=O) groups excluding carboxylic acids is 1. The van der Waals surface area contributed by atoms with Crippen LogP contribution < -0.4 is 5.32 Å². The maximum Gasteiger partial charge on any atom is 0.220 e. The van der Waals surface area contributed by atoms with Crippen LogP contribution in [0.4, 0.5) is 0 Å². The van der Waals surface area contributed by atoms with Crippen molar-refractivity contribution in [2.24, 2.45) is 11.8 Å². The van der Waals surface area contributed by atoms with Crippen LogP contribution in [0.1, 0.15) is 24.8 Å². The molecule has 5 heteroatoms. The number of carbonyl (C=O) groups is 1. The Bertz CT molecular complexity index is 543. The van der Waals surface area contributed by atoms with E-state index in [1.54, 1.807) is 0 Å². The molecule has 0 spiro atoms. The highest BCUT2D eigenvalue weighted by molar-refractivity contribution is 5.76. The molecule has 2 fully saturated rings. The van der Waals surface area contributed by atoms with Gasteiger partial charge in [-0.05, 0) is 44.5 Å². The number of nitrogens with zero attached hydrogens (tertiary/aromatic N) is 2. The second-order valence-electron chi connectivity index (χ2n) is 7.92. The number of likely N-dealkylation sites (N-methyl/N-ethyl adjacent to an activating group) is 1. The van der Waals surface area contributed by atoms with Gasteiger partial charge in [0.15, 0.2) is 0 Å². The minimum atomic E-state index is 0.207. The highest BCUT2D eigenvalue weighted by Crippen LogP contribution is 2.21. The van der Waals surface area contributed by atoms with Crippen LogP contribution in [0.5, 0.6) is 0 Å². The predicted molar refractivity (Wildman–Crippen MR) is 104 cm³/mol. The van der Waals surface area contributed by atoms with E-state index >= 15 is 0 Å². The third kappa shape index (κ3) is 6.38. The van der Waals surface area contributed by atoms with Gasteiger partial charge in [0, 0.05) is 38.5 Å². The van der Waals surface area contributed by atoms with E-state index in [9.17, 15) is 4.79 Å². The van der Waals surface area contributed by atoms with Crippen LogP contribution in [-0.4, -0.2) is 68.7 Å². The molecule has 2 saturated heterocycles. The minimum Gasteiger partial charge on any atom is -0.380 e. The lowest BCUT2D eigenvalue weighted by Crippen LogP contribution is -2.38. The van der Waals surface area contributed by atoms with Crippen molar-refractivity contribution in [2.45, 2.75) is 25.8 Å². The lowest BCUT2D eigenvalue weighted by Gasteiger charge is -2.31. The third-order valence-corrected chi connectivity index (χ3v) is 5.56. The van der Waals surface area contributed by atoms with Crippen LogP contribution in [0, 0.1) is 11.8 Å². The maximum atomic E-state index is 12.3. The average Bonchev–Trinajstić information content (AvgIpc) is 2.86. The molecule has 1 atom stereocenters. The lowest BCUT2D eigenvalue weighted by molar-refractivity contribution is -0.122. The second-order valence-corrected chi connectivity index (χ2v) is 7.92. The number of piperidine rings is 1. The zero-order chi connectivity index (χ0) is 18.2. The first-order chi connectivity index (χ1) is 12.7. The second kappa shape index (κ2) is 10.0. The zero-order valence-electron chi connectivity index (χ0n) is 16.0. The standard InChI is InChI=1S/C21H33N3O2/c1-23-11-12-26-17-20(15-23)14-22-21(25)13-18-7-9-24(10-8-18)16-19-5-3-2-4-6-19/h2-6,18,20H,7-17H2,1H3,(H,22,25). The van der Waals surface area contributed by atoms with Crippen molar-refractivity contribution in [1.82, 2.24) is 15.1 Å². The van der Waals surface area contributed by atoms with Gasteiger partial charge in [0.05, 0.1) is 13.2 Å². The molecule has 1 N–H and O–H groups in total. The van der Waals surface area contributed by atoms with Crippen LogP contribution >= 0.6 is 0 Å². The Morgan fingerprint density at radius 3 is 2.69 bits per heavy atom. The number of ether oxygens (including phenoxy) is 1. The van der Waals surface area contributed by atoms with Gasteiger partial charge in [-0.3, -0.25) is 9.69 Å². The van der Waals surface area contributed by atoms with Crippen molar-refractivity contribution >= 4 is 5.91 Å². The number of likely N-dealkylation sites (tertiary alicyclic amines) is 1. The van der Waals surface area contributed by atoms with Gasteiger partial charge in [0.2, 0.25) is 5.91 Å². The lowest BCUT2D eigenvalue weighted by atomic mass is 9.93. The number of amides is 1. The highest BCUT2D eigenvalue weighted by Gasteiger charge is 2.22. The Hall–Kier alpha value is -1.43. The van der Waals surface area contributed by atoms with Crippen molar-refractivity contribution in [1.29, 1.82) is 0 Å². The van der Waals surface area contributed by atoms with E-state index < -0.39 is 0 Å². The van der Waals surface area contributed by atoms with E-state index in [2.05, 4.69) is 52.5 Å². The molecule has 0 aliphatic carbocycles. The number of hydrogen-bond acceptors (Lipinski definition) is 4. The first-order valence-corrected chi connectivity index (χ1v) is 9.98. The molecule has 2 aliphatic heterocycles. The molecule has 144 valence electrons. The summed E-state index contributed by atoms with van der Waals surface area (Å²) in [4.78, 5) is 17.1. The van der Waals surface area contributed by atoms with Crippen molar-refractivity contribution in [3.8, 4) is 0 Å². The van der Waals surface area contributed by atoms with Gasteiger partial charge in [-0.25, -0.2) is 0 Å². The summed E-state index contributed by atoms with van der Waals surface area (Å²) in [5.74, 6) is 1.13. The van der Waals surface area contributed by atoms with Crippen LogP contribution in [-0.2, 0) is 16.1 Å². The van der Waals surface area contributed by atoms with Gasteiger partial charge in [-0.15, -0.1) is 0 Å². The molecule has 0 aromatic heterocycles. The summed E-state index contributed by atoms with van der Waals surface area (Å²) in [5, 5.41) is 3.14. The number of hydrogen-bond donors (Lipinski definition) is 1. The fourth-order valence-corrected chi connectivity index (χ4v) is 3.96. The average molecular weight is 360 g/mol. The summed E-state index contributed by atoms with van der Waals surface area (Å²) < 4.78 is 5.62. The summed E-state index contributed by atoms with van der Waals surface area (Å²) in [5.41, 5.74) is 1.37. The van der Waals surface area contributed by atoms with Crippen molar-refractivity contribution < 1.29 is 9.53 Å². The third-order valence-electron chi connectivity index (χ3n) is 5.56. The van der Waals surface area contributed by atoms with E-state index in [4.69, 9.17) is 4.74 Å². The van der Waals surface area contributed by atoms with Gasteiger partial charge >= 0.3 is 0 Å². The van der Waals surface area contributed by atoms with Crippen LogP contribution in [0.2, 0.25) is 0 Å². The summed E-state index contributed by atoms with van der Waals surface area (Å²) in [6.45, 7) is 7.46. The SMILES string of the molecule is CN1CCOCC(CNC(=O)CC2CCN(Cc3ccccc3)CC2)C1. The molecule has 26 heavy (non-hydrogen) atoms. The number of benzene rings is 1. The summed E-state index contributed by atoms with van der Waals surface area (Å²) in [7, 11) is 2.12. The van der Waals surface area contributed by atoms with Gasteiger partial charge in [-0.1, -0.05) is 30.3 Å². The first kappa shape index (κ1) is 19.3. The van der Waals surface area contributed by atoms with Gasteiger partial charge in [0.1, 0.15) is 0 Å². The maximum absolute atomic E-state index is 12.3. The molecule has 2 aliphatic rings. The van der Waals surface area contributed by atoms with Crippen molar-refractivity contribution in [3.63, 3.8) is 0 Å². The molecule has 1 aromatic carbocycles. The minimum absolute atomic E-state index is 0.207. The molecule has 1 unspecified atom stereocenters. The Balaban J connectivity index is 1.33. The Morgan fingerprint density at radius 2 is 1.92 bits per heavy atom. The van der Waals surface area contributed by atoms with Crippen molar-refractivity contribution in [2.75, 3.05) is 53.0 Å². The fraction of sp³-hybridized carbons (Fsp3) is 0.667. The van der Waals surface area contributed by atoms with E-state index in [1.807, 2.05) is 0 Å². The highest BCUT2D eigenvalue weighted by atomic mass is 16.5. The van der Waals surface area contributed by atoms with Gasteiger partial charge in [0.25, 0.3) is 0 Å². The van der Waals surface area contributed by atoms with Gasteiger partial charge < -0.3 is 15.0 Å². The summed E-state index contributed by atoms with van der Waals surface area (Å²) >= 11 is 0. The molecule has 1 aromatic rings. The van der Waals surface area contributed by atoms with E-state index in [-0.39, 0.29) is 5.91 Å². The molecule has 0 radical (unpaired) electrons. The Morgan fingerprint density at radius 1 is 1.15 bits per heavy atom. The Kier molecular flexibility index (Phi) is 7.47. The number of rotatable bonds is 6. The molecule has 5 nitrogen and oxygen atoms in total. The van der Waals surface area contributed by atoms with E-state index in [0.717, 1.165) is 65.3 Å². The van der Waals surface area contributed by atoms with Crippen LogP contribution in [0.25, 0.3) is 0 Å². The monoisotopic (exact) mass is 359 g/mol. The smallest absolute Gasteiger partial charge is 0.220 e. The van der Waals surface area contributed by atoms with E-state index in [0.29, 0.717) is 18.3 Å². The topological polar surface area (TPSA) is 44.8 Å². The summed E-state index contributed by atoms with van der Waals surface area (Å²) in [6, 6.07) is 10.6. The molecule has 2 heterocycles. The molecular weight excluding hydrogens is 326 g/mol. The fourth-order valence-electron chi connectivity index (χ4n) is 3.96. The van der Waals surface area contributed by atoms with Crippen molar-refractivity contribution in [3.05, 3.63) is 35.9 Å². The van der Waals surface area contributed by atoms with Gasteiger partial charge in [-0.2, -0.15) is 0 Å². The van der Waals surface area contributed by atoms with E-state index in [1.165, 1.54) is 5.56 Å². The normalized spacial score (nSPS) is 23.5. The molecule has 1 amide bonds. The zero-order valence-corrected chi connectivity index (χ0v) is 16.0. The molecular formula is C21H33N3O2. The number of nitrogens with one attached hydrogen (secondary N) is 1. The molecule has 3 rings (SSSR count).